The van der Waals surface area contributed by atoms with E-state index in [2.05, 4.69) is 5.32 Å². The van der Waals surface area contributed by atoms with Crippen molar-refractivity contribution in [3.05, 3.63) is 35.9 Å². The largest absolute Gasteiger partial charge is 0.471 e. The molecule has 9 heteroatoms. The number of benzene rings is 1. The fourth-order valence-electron chi connectivity index (χ4n) is 1.41. The number of halogens is 3. The van der Waals surface area contributed by atoms with E-state index in [4.69, 9.17) is 9.84 Å². The summed E-state index contributed by atoms with van der Waals surface area (Å²) in [6.07, 6.45) is -5.93. The second kappa shape index (κ2) is 8.23. The van der Waals surface area contributed by atoms with Crippen LogP contribution in [0.4, 0.5) is 18.0 Å². The molecule has 0 unspecified atom stereocenters. The van der Waals surface area contributed by atoms with Crippen LogP contribution in [0.5, 0.6) is 0 Å². The molecular formula is C13H15F3N2O4. The number of rotatable bonds is 6. The van der Waals surface area contributed by atoms with Crippen molar-refractivity contribution in [3.63, 3.8) is 0 Å². The lowest BCUT2D eigenvalue weighted by Crippen LogP contribution is -2.50. The van der Waals surface area contributed by atoms with Gasteiger partial charge in [-0.3, -0.25) is 4.79 Å². The van der Waals surface area contributed by atoms with E-state index in [9.17, 15) is 22.8 Å². The first-order valence-corrected chi connectivity index (χ1v) is 6.26. The molecule has 6 nitrogen and oxygen atoms in total. The number of alkyl carbamates (subject to hydrolysis) is 1. The molecule has 0 heterocycles. The highest BCUT2D eigenvalue weighted by molar-refractivity contribution is 5.82. The average Bonchev–Trinajstić information content (AvgIpc) is 2.49. The molecule has 0 aliphatic carbocycles. The topological polar surface area (TPSA) is 87.7 Å². The predicted octanol–water partition coefficient (Wildman–Crippen LogP) is 0.952. The molecule has 22 heavy (non-hydrogen) atoms. The zero-order valence-corrected chi connectivity index (χ0v) is 11.4. The Labute approximate surface area is 124 Å². The minimum Gasteiger partial charge on any atom is -0.445 e. The van der Waals surface area contributed by atoms with Crippen LogP contribution in [0.25, 0.3) is 0 Å². The van der Waals surface area contributed by atoms with E-state index in [0.29, 0.717) is 0 Å². The Morgan fingerprint density at radius 3 is 2.41 bits per heavy atom. The molecule has 0 aliphatic heterocycles. The van der Waals surface area contributed by atoms with Crippen LogP contribution in [0.3, 0.4) is 0 Å². The quantitative estimate of drug-likeness (QED) is 0.728. The van der Waals surface area contributed by atoms with Crippen LogP contribution in [0.15, 0.2) is 30.3 Å². The van der Waals surface area contributed by atoms with E-state index < -0.39 is 37.4 Å². The molecule has 3 N–H and O–H groups in total. The van der Waals surface area contributed by atoms with Crippen molar-refractivity contribution in [1.82, 2.24) is 10.6 Å². The number of hydrogen-bond acceptors (Lipinski definition) is 4. The van der Waals surface area contributed by atoms with Gasteiger partial charge in [-0.2, -0.15) is 13.2 Å². The number of amides is 2. The second-order valence-corrected chi connectivity index (χ2v) is 4.29. The van der Waals surface area contributed by atoms with E-state index in [-0.39, 0.29) is 6.61 Å². The Morgan fingerprint density at radius 2 is 1.86 bits per heavy atom. The molecule has 0 saturated heterocycles. The fourth-order valence-corrected chi connectivity index (χ4v) is 1.41. The van der Waals surface area contributed by atoms with Gasteiger partial charge in [0.25, 0.3) is 0 Å². The molecule has 0 fully saturated rings. The molecule has 0 bridgehead atoms. The summed E-state index contributed by atoms with van der Waals surface area (Å²) in [5.41, 5.74) is 0.738. The summed E-state index contributed by atoms with van der Waals surface area (Å²) in [7, 11) is 0. The van der Waals surface area contributed by atoms with Crippen LogP contribution >= 0.6 is 0 Å². The maximum Gasteiger partial charge on any atom is 0.471 e. The smallest absolute Gasteiger partial charge is 0.445 e. The molecular weight excluding hydrogens is 305 g/mol. The Morgan fingerprint density at radius 1 is 1.23 bits per heavy atom. The third-order valence-corrected chi connectivity index (χ3v) is 2.52. The van der Waals surface area contributed by atoms with Gasteiger partial charge in [0.15, 0.2) is 0 Å². The third kappa shape index (κ3) is 6.44. The van der Waals surface area contributed by atoms with Crippen LogP contribution in [0.2, 0.25) is 0 Å². The predicted molar refractivity (Wildman–Crippen MR) is 69.7 cm³/mol. The highest BCUT2D eigenvalue weighted by Crippen LogP contribution is 2.14. The summed E-state index contributed by atoms with van der Waals surface area (Å²) in [6.45, 7) is -1.17. The first-order chi connectivity index (χ1) is 10.3. The number of aliphatic hydroxyl groups is 1. The molecule has 1 aromatic rings. The maximum atomic E-state index is 12.0. The average molecular weight is 320 g/mol. The third-order valence-electron chi connectivity index (χ3n) is 2.52. The van der Waals surface area contributed by atoms with Gasteiger partial charge in [-0.15, -0.1) is 0 Å². The summed E-state index contributed by atoms with van der Waals surface area (Å²) >= 11 is 0. The number of carbonyl (C=O) groups excluding carboxylic acids is 2. The zero-order chi connectivity index (χ0) is 16.6. The van der Waals surface area contributed by atoms with E-state index in [1.54, 1.807) is 35.6 Å². The lowest BCUT2D eigenvalue weighted by atomic mass is 10.2. The zero-order valence-electron chi connectivity index (χ0n) is 11.4. The van der Waals surface area contributed by atoms with Crippen LogP contribution in [-0.4, -0.2) is 42.5 Å². The highest BCUT2D eigenvalue weighted by Gasteiger charge is 2.39. The summed E-state index contributed by atoms with van der Waals surface area (Å²) < 4.78 is 41.0. The van der Waals surface area contributed by atoms with E-state index in [1.807, 2.05) is 0 Å². The lowest BCUT2D eigenvalue weighted by Gasteiger charge is -2.17. The lowest BCUT2D eigenvalue weighted by molar-refractivity contribution is -0.174. The Bertz CT molecular complexity index is 494. The van der Waals surface area contributed by atoms with Crippen molar-refractivity contribution in [2.24, 2.45) is 0 Å². The number of aliphatic hydroxyl groups excluding tert-OH is 1. The SMILES string of the molecule is O=C(NC[C@@H](CO)NC(=O)C(F)(F)F)OCc1ccccc1. The van der Waals surface area contributed by atoms with Crippen molar-refractivity contribution < 1.29 is 32.6 Å². The van der Waals surface area contributed by atoms with Crippen LogP contribution < -0.4 is 10.6 Å². The van der Waals surface area contributed by atoms with Gasteiger partial charge in [0.05, 0.1) is 12.6 Å². The number of carbonyl (C=O) groups is 2. The number of hydrogen-bond donors (Lipinski definition) is 3. The van der Waals surface area contributed by atoms with Gasteiger partial charge >= 0.3 is 18.2 Å². The summed E-state index contributed by atoms with van der Waals surface area (Å²) in [4.78, 5) is 22.1. The van der Waals surface area contributed by atoms with Crippen molar-refractivity contribution in [2.45, 2.75) is 18.8 Å². The standard InChI is InChI=1S/C13H15F3N2O4/c14-13(15,16)11(20)18-10(7-19)6-17-12(21)22-8-9-4-2-1-3-5-9/h1-5,10,19H,6-8H2,(H,17,21)(H,18,20)/t10-/m0/s1. The summed E-state index contributed by atoms with van der Waals surface area (Å²) in [5, 5.41) is 12.6. The van der Waals surface area contributed by atoms with Gasteiger partial charge in [0.1, 0.15) is 6.61 Å². The molecule has 0 aliphatic rings. The summed E-state index contributed by atoms with van der Waals surface area (Å²) in [5.74, 6) is -2.19. The number of ether oxygens (including phenoxy) is 1. The van der Waals surface area contributed by atoms with Crippen LogP contribution in [-0.2, 0) is 16.1 Å². The normalized spacial score (nSPS) is 12.4. The Hall–Kier alpha value is -2.29. The molecule has 0 radical (unpaired) electrons. The first-order valence-electron chi connectivity index (χ1n) is 6.26. The van der Waals surface area contributed by atoms with E-state index in [1.165, 1.54) is 0 Å². The molecule has 122 valence electrons. The monoisotopic (exact) mass is 320 g/mol. The fraction of sp³-hybridized carbons (Fsp3) is 0.385. The van der Waals surface area contributed by atoms with Crippen LogP contribution in [0, 0.1) is 0 Å². The van der Waals surface area contributed by atoms with Crippen molar-refractivity contribution in [1.29, 1.82) is 0 Å². The van der Waals surface area contributed by atoms with Crippen molar-refractivity contribution in [2.75, 3.05) is 13.2 Å². The van der Waals surface area contributed by atoms with Gasteiger partial charge in [0, 0.05) is 6.54 Å². The van der Waals surface area contributed by atoms with Gasteiger partial charge < -0.3 is 20.5 Å². The Kier molecular flexibility index (Phi) is 6.64. The molecule has 1 rings (SSSR count). The van der Waals surface area contributed by atoms with Gasteiger partial charge in [-0.25, -0.2) is 4.79 Å². The van der Waals surface area contributed by atoms with Gasteiger partial charge in [-0.05, 0) is 5.56 Å². The molecule has 2 amide bonds. The molecule has 0 saturated carbocycles. The molecule has 1 aromatic carbocycles. The molecule has 0 aromatic heterocycles. The minimum absolute atomic E-state index is 0.00856. The van der Waals surface area contributed by atoms with E-state index >= 15 is 0 Å². The van der Waals surface area contributed by atoms with Crippen LogP contribution in [0.1, 0.15) is 5.56 Å². The minimum atomic E-state index is -5.05. The Balaban J connectivity index is 2.33. The maximum absolute atomic E-state index is 12.0. The summed E-state index contributed by atoms with van der Waals surface area (Å²) in [6, 6.07) is 7.49. The molecule has 1 atom stereocenters. The second-order valence-electron chi connectivity index (χ2n) is 4.29. The van der Waals surface area contributed by atoms with Gasteiger partial charge in [-0.1, -0.05) is 30.3 Å². The van der Waals surface area contributed by atoms with E-state index in [0.717, 1.165) is 5.56 Å². The number of nitrogens with one attached hydrogen (secondary N) is 2. The first kappa shape index (κ1) is 17.8. The molecule has 0 spiro atoms. The van der Waals surface area contributed by atoms with Crippen molar-refractivity contribution in [3.8, 4) is 0 Å². The van der Waals surface area contributed by atoms with Crippen molar-refractivity contribution >= 4 is 12.0 Å². The van der Waals surface area contributed by atoms with Gasteiger partial charge in [0.2, 0.25) is 0 Å². The number of alkyl halides is 3. The highest BCUT2D eigenvalue weighted by atomic mass is 19.4.